The molecule has 0 fully saturated rings. The largest absolute Gasteiger partial charge is 0.392 e. The summed E-state index contributed by atoms with van der Waals surface area (Å²) in [6.07, 6.45) is 8.10. The van der Waals surface area contributed by atoms with Crippen molar-refractivity contribution in [1.82, 2.24) is 4.98 Å². The Morgan fingerprint density at radius 2 is 2.33 bits per heavy atom. The lowest BCUT2D eigenvalue weighted by Gasteiger charge is -2.16. The first kappa shape index (κ1) is 14.7. The van der Waals surface area contributed by atoms with Gasteiger partial charge in [0.1, 0.15) is 0 Å². The molecule has 0 aliphatic carbocycles. The van der Waals surface area contributed by atoms with E-state index in [-0.39, 0.29) is 18.3 Å². The molecule has 0 radical (unpaired) electrons. The van der Waals surface area contributed by atoms with Crippen LogP contribution in [0.4, 0.5) is 0 Å². The molecule has 1 aromatic heterocycles. The molecule has 0 aromatic carbocycles. The lowest BCUT2D eigenvalue weighted by Crippen LogP contribution is -2.08. The molecule has 0 bridgehead atoms. The number of hydrogen-bond acceptors (Lipinski definition) is 2. The number of unbranched alkanes of at least 4 members (excludes halogenated alkanes) is 2. The van der Waals surface area contributed by atoms with Crippen molar-refractivity contribution >= 4 is 5.78 Å². The second kappa shape index (κ2) is 7.88. The maximum Gasteiger partial charge on any atom is 0.155 e. The van der Waals surface area contributed by atoms with Gasteiger partial charge in [-0.1, -0.05) is 32.8 Å². The summed E-state index contributed by atoms with van der Waals surface area (Å²) in [4.78, 5) is 14.7. The Morgan fingerprint density at radius 3 is 2.94 bits per heavy atom. The Balaban J connectivity index is 2.75. The van der Waals surface area contributed by atoms with Crippen molar-refractivity contribution in [2.45, 2.75) is 51.6 Å². The first-order valence-corrected chi connectivity index (χ1v) is 6.65. The van der Waals surface area contributed by atoms with Crippen LogP contribution in [0.2, 0.25) is 0 Å². The molecule has 0 aliphatic rings. The smallest absolute Gasteiger partial charge is 0.155 e. The Kier molecular flexibility index (Phi) is 6.44. The van der Waals surface area contributed by atoms with E-state index in [2.05, 4.69) is 18.5 Å². The van der Waals surface area contributed by atoms with Gasteiger partial charge in [-0.2, -0.15) is 0 Å². The molecule has 1 rings (SSSR count). The molecule has 0 aliphatic heterocycles. The molecule has 1 atom stereocenters. The lowest BCUT2D eigenvalue weighted by molar-refractivity contribution is -0.115. The number of H-pyrrole nitrogens is 1. The Morgan fingerprint density at radius 1 is 1.56 bits per heavy atom. The third-order valence-electron chi connectivity index (χ3n) is 3.28. The number of aliphatic hydroxyl groups excluding tert-OH is 1. The van der Waals surface area contributed by atoms with Crippen LogP contribution >= 0.6 is 0 Å². The number of allylic oxidation sites excluding steroid dienone is 1. The molecule has 1 unspecified atom stereocenters. The van der Waals surface area contributed by atoms with E-state index in [0.717, 1.165) is 24.1 Å². The molecular formula is C15H23NO2. The van der Waals surface area contributed by atoms with Crippen molar-refractivity contribution in [3.63, 3.8) is 0 Å². The van der Waals surface area contributed by atoms with Gasteiger partial charge >= 0.3 is 0 Å². The van der Waals surface area contributed by atoms with Crippen LogP contribution in [0.15, 0.2) is 24.9 Å². The van der Waals surface area contributed by atoms with Crippen molar-refractivity contribution in [2.24, 2.45) is 0 Å². The van der Waals surface area contributed by atoms with Crippen molar-refractivity contribution in [2.75, 3.05) is 0 Å². The average Bonchev–Trinajstić information content (AvgIpc) is 2.85. The number of carbonyl (C=O) groups excluding carboxylic acids is 1. The molecule has 0 saturated carbocycles. The molecule has 1 heterocycles. The maximum atomic E-state index is 11.6. The minimum atomic E-state index is 0.0192. The predicted molar refractivity (Wildman–Crippen MR) is 73.4 cm³/mol. The third-order valence-corrected chi connectivity index (χ3v) is 3.28. The fraction of sp³-hybridized carbons (Fsp3) is 0.533. The number of carbonyl (C=O) groups is 1. The van der Waals surface area contributed by atoms with Gasteiger partial charge in [0.15, 0.2) is 5.78 Å². The summed E-state index contributed by atoms with van der Waals surface area (Å²) in [6, 6.07) is 1.88. The number of ketones is 1. The molecular weight excluding hydrogens is 226 g/mol. The minimum absolute atomic E-state index is 0.0192. The minimum Gasteiger partial charge on any atom is -0.392 e. The van der Waals surface area contributed by atoms with Gasteiger partial charge in [0.05, 0.1) is 6.61 Å². The van der Waals surface area contributed by atoms with Crippen molar-refractivity contribution in [1.29, 1.82) is 0 Å². The summed E-state index contributed by atoms with van der Waals surface area (Å²) in [5.74, 6) is 0.231. The van der Waals surface area contributed by atoms with Crippen LogP contribution < -0.4 is 0 Å². The van der Waals surface area contributed by atoms with Gasteiger partial charge < -0.3 is 10.1 Å². The van der Waals surface area contributed by atoms with Crippen LogP contribution in [0.25, 0.3) is 0 Å². The molecule has 3 heteroatoms. The third kappa shape index (κ3) is 4.15. The van der Waals surface area contributed by atoms with Crippen LogP contribution in [-0.4, -0.2) is 15.9 Å². The van der Waals surface area contributed by atoms with Gasteiger partial charge in [-0.3, -0.25) is 4.79 Å². The summed E-state index contributed by atoms with van der Waals surface area (Å²) in [7, 11) is 0. The Bertz CT molecular complexity index is 382. The van der Waals surface area contributed by atoms with Gasteiger partial charge in [0, 0.05) is 24.2 Å². The van der Waals surface area contributed by atoms with Crippen molar-refractivity contribution < 1.29 is 9.90 Å². The first-order valence-electron chi connectivity index (χ1n) is 6.65. The SMILES string of the molecule is C=CC(=O)CC(CCCCC)c1[nH]ccc1CO. The molecule has 0 spiro atoms. The van der Waals surface area contributed by atoms with Gasteiger partial charge in [-0.15, -0.1) is 0 Å². The van der Waals surface area contributed by atoms with Crippen LogP contribution in [-0.2, 0) is 11.4 Å². The standard InChI is InChI=1S/C15H23NO2/c1-3-5-6-7-12(10-14(18)4-2)15-13(11-17)8-9-16-15/h4,8-9,12,16-17H,2-3,5-7,10-11H2,1H3. The van der Waals surface area contributed by atoms with E-state index in [4.69, 9.17) is 0 Å². The molecule has 18 heavy (non-hydrogen) atoms. The summed E-state index contributed by atoms with van der Waals surface area (Å²) < 4.78 is 0. The highest BCUT2D eigenvalue weighted by atomic mass is 16.3. The molecule has 1 aromatic rings. The van der Waals surface area contributed by atoms with E-state index in [0.29, 0.717) is 6.42 Å². The number of aromatic amines is 1. The van der Waals surface area contributed by atoms with E-state index >= 15 is 0 Å². The monoisotopic (exact) mass is 249 g/mol. The highest BCUT2D eigenvalue weighted by Gasteiger charge is 2.18. The number of hydrogen-bond donors (Lipinski definition) is 2. The van der Waals surface area contributed by atoms with Crippen molar-refractivity contribution in [3.05, 3.63) is 36.2 Å². The molecule has 0 saturated heterocycles. The summed E-state index contributed by atoms with van der Waals surface area (Å²) in [5, 5.41) is 9.29. The number of rotatable bonds is 9. The van der Waals surface area contributed by atoms with E-state index in [9.17, 15) is 9.90 Å². The second-order valence-corrected chi connectivity index (χ2v) is 4.64. The zero-order valence-corrected chi connectivity index (χ0v) is 11.1. The number of aromatic nitrogens is 1. The molecule has 3 nitrogen and oxygen atoms in total. The van der Waals surface area contributed by atoms with Gasteiger partial charge in [0.25, 0.3) is 0 Å². The van der Waals surface area contributed by atoms with Gasteiger partial charge in [-0.25, -0.2) is 0 Å². The quantitative estimate of drug-likeness (QED) is 0.521. The van der Waals surface area contributed by atoms with Crippen LogP contribution in [0, 0.1) is 0 Å². The summed E-state index contributed by atoms with van der Waals surface area (Å²) in [6.45, 7) is 5.71. The zero-order valence-electron chi connectivity index (χ0n) is 11.1. The molecule has 0 amide bonds. The van der Waals surface area contributed by atoms with E-state index < -0.39 is 0 Å². The maximum absolute atomic E-state index is 11.6. The zero-order chi connectivity index (χ0) is 13.4. The van der Waals surface area contributed by atoms with E-state index in [1.54, 1.807) is 0 Å². The fourth-order valence-corrected chi connectivity index (χ4v) is 2.25. The van der Waals surface area contributed by atoms with E-state index in [1.807, 2.05) is 12.3 Å². The number of aliphatic hydroxyl groups is 1. The summed E-state index contributed by atoms with van der Waals surface area (Å²) >= 11 is 0. The Hall–Kier alpha value is -1.35. The van der Waals surface area contributed by atoms with Gasteiger partial charge in [0.2, 0.25) is 0 Å². The summed E-state index contributed by atoms with van der Waals surface area (Å²) in [5.41, 5.74) is 1.90. The fourth-order valence-electron chi connectivity index (χ4n) is 2.25. The van der Waals surface area contributed by atoms with E-state index in [1.165, 1.54) is 18.9 Å². The molecule has 2 N–H and O–H groups in total. The van der Waals surface area contributed by atoms with Crippen molar-refractivity contribution in [3.8, 4) is 0 Å². The lowest BCUT2D eigenvalue weighted by atomic mass is 9.90. The van der Waals surface area contributed by atoms with Gasteiger partial charge in [-0.05, 0) is 24.1 Å². The second-order valence-electron chi connectivity index (χ2n) is 4.64. The highest BCUT2D eigenvalue weighted by molar-refractivity contribution is 5.89. The van der Waals surface area contributed by atoms with Crippen LogP contribution in [0.5, 0.6) is 0 Å². The predicted octanol–water partition coefficient (Wildman–Crippen LogP) is 3.32. The van der Waals surface area contributed by atoms with Crippen LogP contribution in [0.3, 0.4) is 0 Å². The number of nitrogens with one attached hydrogen (secondary N) is 1. The highest BCUT2D eigenvalue weighted by Crippen LogP contribution is 2.28. The topological polar surface area (TPSA) is 53.1 Å². The van der Waals surface area contributed by atoms with Crippen LogP contribution in [0.1, 0.15) is 56.2 Å². The normalized spacial score (nSPS) is 12.3. The molecule has 100 valence electrons. The Labute approximate surface area is 109 Å². The average molecular weight is 249 g/mol. The first-order chi connectivity index (χ1) is 8.72.